The lowest BCUT2D eigenvalue weighted by Gasteiger charge is -2.09. The van der Waals surface area contributed by atoms with Gasteiger partial charge in [-0.3, -0.25) is 4.79 Å². The molecule has 0 aliphatic carbocycles. The molecule has 0 unspecified atom stereocenters. The molecule has 0 spiro atoms. The Kier molecular flexibility index (Phi) is 5.33. The number of pyridine rings is 1. The second-order valence-corrected chi connectivity index (χ2v) is 9.67. The average molecular weight is 431 g/mol. The number of hydrogen-bond acceptors (Lipinski definition) is 4. The minimum absolute atomic E-state index is 0.197. The van der Waals surface area contributed by atoms with Crippen molar-refractivity contribution in [1.29, 1.82) is 0 Å². The van der Waals surface area contributed by atoms with Gasteiger partial charge in [0.25, 0.3) is 5.91 Å². The first-order chi connectivity index (χ1) is 14.7. The first-order valence-electron chi connectivity index (χ1n) is 9.81. The van der Waals surface area contributed by atoms with E-state index in [1.54, 1.807) is 36.4 Å². The molecular weight excluding hydrogens is 408 g/mol. The summed E-state index contributed by atoms with van der Waals surface area (Å²) in [7, 11) is -3.22. The number of hydrogen-bond donors (Lipinski definition) is 1. The quantitative estimate of drug-likeness (QED) is 0.484. The molecule has 1 heterocycles. The number of carbonyl (C=O) groups is 1. The Hall–Kier alpha value is -3.51. The molecule has 1 N–H and O–H groups in total. The minimum Gasteiger partial charge on any atom is -0.307 e. The Labute approximate surface area is 181 Å². The molecule has 6 heteroatoms. The second-order valence-electron chi connectivity index (χ2n) is 7.65. The number of benzene rings is 3. The van der Waals surface area contributed by atoms with Gasteiger partial charge in [-0.25, -0.2) is 13.4 Å². The lowest BCUT2D eigenvalue weighted by Crippen LogP contribution is -2.13. The summed E-state index contributed by atoms with van der Waals surface area (Å²) in [6.45, 7) is 3.99. The lowest BCUT2D eigenvalue weighted by molar-refractivity contribution is 0.102. The molecular formula is C25H22N2O3S. The molecule has 0 radical (unpaired) electrons. The Balaban J connectivity index is 1.58. The Morgan fingerprint density at radius 2 is 1.52 bits per heavy atom. The molecule has 0 bridgehead atoms. The van der Waals surface area contributed by atoms with Crippen molar-refractivity contribution < 1.29 is 13.2 Å². The van der Waals surface area contributed by atoms with Crippen LogP contribution in [0.15, 0.2) is 77.7 Å². The standard InChI is InChI=1S/C25H22N2O3S/c1-16-4-5-21(14-17(16)2)25(28)27-24-13-9-20-15-19(8-12-23(20)26-24)18-6-10-22(11-7-18)31(3,29)30/h4-15H,1-3H3,(H,26,27,28). The fourth-order valence-corrected chi connectivity index (χ4v) is 3.97. The van der Waals surface area contributed by atoms with E-state index in [1.807, 2.05) is 50.2 Å². The zero-order valence-electron chi connectivity index (χ0n) is 17.5. The van der Waals surface area contributed by atoms with Crippen molar-refractivity contribution in [3.05, 3.63) is 89.5 Å². The van der Waals surface area contributed by atoms with Crippen LogP contribution < -0.4 is 5.32 Å². The number of anilines is 1. The molecule has 0 aliphatic rings. The van der Waals surface area contributed by atoms with Crippen molar-refractivity contribution in [2.75, 3.05) is 11.6 Å². The third kappa shape index (κ3) is 4.49. The number of amides is 1. The third-order valence-electron chi connectivity index (χ3n) is 5.32. The molecule has 0 fully saturated rings. The molecule has 3 aromatic carbocycles. The highest BCUT2D eigenvalue weighted by molar-refractivity contribution is 7.90. The first kappa shape index (κ1) is 20.8. The van der Waals surface area contributed by atoms with Crippen LogP contribution in [0.2, 0.25) is 0 Å². The second kappa shape index (κ2) is 7.96. The number of sulfone groups is 1. The molecule has 0 atom stereocenters. The lowest BCUT2D eigenvalue weighted by atomic mass is 10.0. The zero-order chi connectivity index (χ0) is 22.2. The van der Waals surface area contributed by atoms with Gasteiger partial charge in [0.2, 0.25) is 0 Å². The summed E-state index contributed by atoms with van der Waals surface area (Å²) < 4.78 is 23.3. The number of nitrogens with zero attached hydrogens (tertiary/aromatic N) is 1. The van der Waals surface area contributed by atoms with E-state index in [4.69, 9.17) is 0 Å². The van der Waals surface area contributed by atoms with E-state index in [-0.39, 0.29) is 5.91 Å². The summed E-state index contributed by atoms with van der Waals surface area (Å²) >= 11 is 0. The number of carbonyl (C=O) groups excluding carboxylic acids is 1. The third-order valence-corrected chi connectivity index (χ3v) is 6.44. The predicted octanol–water partition coefficient (Wildman–Crippen LogP) is 5.17. The SMILES string of the molecule is Cc1ccc(C(=O)Nc2ccc3cc(-c4ccc(S(C)(=O)=O)cc4)ccc3n2)cc1C. The maximum atomic E-state index is 12.6. The summed E-state index contributed by atoms with van der Waals surface area (Å²) in [4.78, 5) is 17.4. The zero-order valence-corrected chi connectivity index (χ0v) is 18.3. The van der Waals surface area contributed by atoms with Crippen molar-refractivity contribution in [3.63, 3.8) is 0 Å². The van der Waals surface area contributed by atoms with E-state index in [0.29, 0.717) is 16.3 Å². The Morgan fingerprint density at radius 3 is 2.19 bits per heavy atom. The van der Waals surface area contributed by atoms with E-state index in [9.17, 15) is 13.2 Å². The van der Waals surface area contributed by atoms with Crippen LogP contribution in [-0.4, -0.2) is 25.6 Å². The summed E-state index contributed by atoms with van der Waals surface area (Å²) in [5.74, 6) is 0.290. The van der Waals surface area contributed by atoms with Gasteiger partial charge in [-0.2, -0.15) is 0 Å². The molecule has 5 nitrogen and oxygen atoms in total. The van der Waals surface area contributed by atoms with E-state index in [1.165, 1.54) is 6.26 Å². The smallest absolute Gasteiger partial charge is 0.256 e. The molecule has 1 amide bonds. The maximum Gasteiger partial charge on any atom is 0.256 e. The van der Waals surface area contributed by atoms with Gasteiger partial charge < -0.3 is 5.32 Å². The first-order valence-corrected chi connectivity index (χ1v) is 11.7. The molecule has 4 aromatic rings. The largest absolute Gasteiger partial charge is 0.307 e. The molecule has 0 saturated heterocycles. The van der Waals surface area contributed by atoms with Crippen molar-refractivity contribution in [3.8, 4) is 11.1 Å². The molecule has 31 heavy (non-hydrogen) atoms. The number of rotatable bonds is 4. The number of fused-ring (bicyclic) bond motifs is 1. The normalized spacial score (nSPS) is 11.5. The van der Waals surface area contributed by atoms with Crippen LogP contribution in [0, 0.1) is 13.8 Å². The van der Waals surface area contributed by atoms with Crippen molar-refractivity contribution in [1.82, 2.24) is 4.98 Å². The van der Waals surface area contributed by atoms with E-state index < -0.39 is 9.84 Å². The highest BCUT2D eigenvalue weighted by Gasteiger charge is 2.10. The Morgan fingerprint density at radius 1 is 0.806 bits per heavy atom. The van der Waals surface area contributed by atoms with Gasteiger partial charge in [0.1, 0.15) is 5.82 Å². The van der Waals surface area contributed by atoms with Crippen LogP contribution in [0.4, 0.5) is 5.82 Å². The van der Waals surface area contributed by atoms with Gasteiger partial charge in [-0.05, 0) is 84.6 Å². The van der Waals surface area contributed by atoms with E-state index in [0.717, 1.165) is 33.2 Å². The maximum absolute atomic E-state index is 12.6. The van der Waals surface area contributed by atoms with Gasteiger partial charge in [0.15, 0.2) is 9.84 Å². The minimum atomic E-state index is -3.22. The summed E-state index contributed by atoms with van der Waals surface area (Å²) in [6, 6.07) is 21.9. The monoisotopic (exact) mass is 430 g/mol. The van der Waals surface area contributed by atoms with Gasteiger partial charge in [-0.1, -0.05) is 24.3 Å². The van der Waals surface area contributed by atoms with Gasteiger partial charge in [-0.15, -0.1) is 0 Å². The van der Waals surface area contributed by atoms with Gasteiger partial charge in [0.05, 0.1) is 10.4 Å². The fraction of sp³-hybridized carbons (Fsp3) is 0.120. The van der Waals surface area contributed by atoms with Crippen LogP contribution in [0.25, 0.3) is 22.0 Å². The molecule has 1 aromatic heterocycles. The molecule has 156 valence electrons. The average Bonchev–Trinajstić information content (AvgIpc) is 2.74. The van der Waals surface area contributed by atoms with Crippen molar-refractivity contribution in [2.24, 2.45) is 0 Å². The summed E-state index contributed by atoms with van der Waals surface area (Å²) in [5.41, 5.74) is 5.44. The predicted molar refractivity (Wildman–Crippen MR) is 124 cm³/mol. The van der Waals surface area contributed by atoms with Gasteiger partial charge in [0, 0.05) is 17.2 Å². The van der Waals surface area contributed by atoms with Crippen molar-refractivity contribution in [2.45, 2.75) is 18.7 Å². The number of aryl methyl sites for hydroxylation is 2. The van der Waals surface area contributed by atoms with Crippen LogP contribution >= 0.6 is 0 Å². The number of nitrogens with one attached hydrogen (secondary N) is 1. The van der Waals surface area contributed by atoms with Crippen LogP contribution in [0.3, 0.4) is 0 Å². The highest BCUT2D eigenvalue weighted by atomic mass is 32.2. The summed E-state index contributed by atoms with van der Waals surface area (Å²) in [6.07, 6.45) is 1.19. The van der Waals surface area contributed by atoms with Gasteiger partial charge >= 0.3 is 0 Å². The Bertz CT molecular complexity index is 1410. The topological polar surface area (TPSA) is 76.1 Å². The number of aromatic nitrogens is 1. The van der Waals surface area contributed by atoms with Crippen LogP contribution in [-0.2, 0) is 9.84 Å². The van der Waals surface area contributed by atoms with Crippen LogP contribution in [0.1, 0.15) is 21.5 Å². The molecule has 4 rings (SSSR count). The fourth-order valence-electron chi connectivity index (χ4n) is 3.34. The van der Waals surface area contributed by atoms with E-state index >= 15 is 0 Å². The van der Waals surface area contributed by atoms with Crippen LogP contribution in [0.5, 0.6) is 0 Å². The molecule has 0 saturated carbocycles. The van der Waals surface area contributed by atoms with E-state index in [2.05, 4.69) is 10.3 Å². The molecule has 0 aliphatic heterocycles. The van der Waals surface area contributed by atoms with Crippen molar-refractivity contribution >= 4 is 32.5 Å². The highest BCUT2D eigenvalue weighted by Crippen LogP contribution is 2.26. The summed E-state index contributed by atoms with van der Waals surface area (Å²) in [5, 5.41) is 3.78.